The smallest absolute Gasteiger partial charge is 0.202 e. The number of nitrogens with two attached hydrogens (primary N) is 1. The van der Waals surface area contributed by atoms with E-state index in [2.05, 4.69) is 10.4 Å². The Morgan fingerprint density at radius 3 is 2.65 bits per heavy atom. The van der Waals surface area contributed by atoms with E-state index in [0.717, 1.165) is 5.69 Å². The number of hydrogen-bond donors (Lipinski definition) is 3. The van der Waals surface area contributed by atoms with Crippen LogP contribution in [0.5, 0.6) is 11.5 Å². The van der Waals surface area contributed by atoms with Gasteiger partial charge in [0, 0.05) is 5.69 Å². The van der Waals surface area contributed by atoms with Crippen molar-refractivity contribution in [2.24, 2.45) is 0 Å². The van der Waals surface area contributed by atoms with E-state index >= 15 is 0 Å². The fourth-order valence-corrected chi connectivity index (χ4v) is 2.63. The number of nitrogen functional groups attached to an aromatic ring is 1. The summed E-state index contributed by atoms with van der Waals surface area (Å²) in [4.78, 5) is 12.7. The zero-order valence-electron chi connectivity index (χ0n) is 13.8. The number of thiocarbonyl (C=S) groups is 1. The summed E-state index contributed by atoms with van der Waals surface area (Å²) in [7, 11) is 1.47. The average Bonchev–Trinajstić information content (AvgIpc) is 3.04. The fraction of sp³-hybridized carbons (Fsp3) is 0.0556. The Balaban J connectivity index is 1.89. The van der Waals surface area contributed by atoms with Crippen LogP contribution in [0.3, 0.4) is 0 Å². The topological polar surface area (TPSA) is 102 Å². The van der Waals surface area contributed by atoms with E-state index in [0.29, 0.717) is 5.75 Å². The number of methoxy groups -OCH3 is 1. The number of aromatic nitrogens is 2. The number of para-hydroxylation sites is 1. The molecule has 0 fully saturated rings. The number of benzene rings is 2. The van der Waals surface area contributed by atoms with E-state index < -0.39 is 5.78 Å². The summed E-state index contributed by atoms with van der Waals surface area (Å²) in [6.45, 7) is 0. The third kappa shape index (κ3) is 3.35. The lowest BCUT2D eigenvalue weighted by atomic mass is 10.0. The molecular weight excluding hydrogens is 352 g/mol. The number of ether oxygens (including phenoxy) is 1. The first-order valence-electron chi connectivity index (χ1n) is 7.63. The van der Waals surface area contributed by atoms with Crippen molar-refractivity contribution in [2.75, 3.05) is 18.2 Å². The van der Waals surface area contributed by atoms with E-state index in [1.54, 1.807) is 6.07 Å². The van der Waals surface area contributed by atoms with Gasteiger partial charge in [-0.15, -0.1) is 0 Å². The number of rotatable bonds is 4. The molecule has 26 heavy (non-hydrogen) atoms. The maximum atomic E-state index is 12.7. The van der Waals surface area contributed by atoms with Gasteiger partial charge in [-0.25, -0.2) is 0 Å². The Hall–Kier alpha value is -3.39. The van der Waals surface area contributed by atoms with Crippen LogP contribution in [0.2, 0.25) is 0 Å². The largest absolute Gasteiger partial charge is 0.507 e. The van der Waals surface area contributed by atoms with Crippen LogP contribution in [0.15, 0.2) is 54.7 Å². The van der Waals surface area contributed by atoms with Crippen molar-refractivity contribution in [3.8, 4) is 11.5 Å². The lowest BCUT2D eigenvalue weighted by Crippen LogP contribution is -2.22. The number of ketones is 1. The molecule has 2 aromatic carbocycles. The van der Waals surface area contributed by atoms with Crippen molar-refractivity contribution in [3.63, 3.8) is 0 Å². The molecule has 3 rings (SSSR count). The molecule has 0 saturated heterocycles. The summed E-state index contributed by atoms with van der Waals surface area (Å²) in [5.74, 6) is -0.135. The van der Waals surface area contributed by atoms with Gasteiger partial charge in [-0.3, -0.25) is 4.79 Å². The number of carbonyl (C=O) groups is 1. The van der Waals surface area contributed by atoms with Crippen LogP contribution in [0.25, 0.3) is 0 Å². The maximum absolute atomic E-state index is 12.7. The van der Waals surface area contributed by atoms with Gasteiger partial charge in [0.05, 0.1) is 24.4 Å². The number of anilines is 2. The number of aromatic hydroxyl groups is 1. The number of nitrogens with zero attached hydrogens (tertiary/aromatic N) is 2. The molecule has 0 aliphatic rings. The average molecular weight is 368 g/mol. The number of hydrogen-bond acceptors (Lipinski definition) is 6. The fourth-order valence-electron chi connectivity index (χ4n) is 2.36. The second-order valence-corrected chi connectivity index (χ2v) is 5.75. The first-order valence-corrected chi connectivity index (χ1v) is 8.03. The number of carbonyl (C=O) groups excluding carboxylic acids is 1. The summed E-state index contributed by atoms with van der Waals surface area (Å²) in [6, 6.07) is 13.7. The van der Waals surface area contributed by atoms with Gasteiger partial charge in [-0.1, -0.05) is 18.2 Å². The minimum absolute atomic E-state index is 0.0672. The molecule has 7 nitrogen and oxygen atoms in total. The Morgan fingerprint density at radius 1 is 1.23 bits per heavy atom. The predicted octanol–water partition coefficient (Wildman–Crippen LogP) is 2.66. The van der Waals surface area contributed by atoms with Gasteiger partial charge in [0.2, 0.25) is 5.78 Å². The summed E-state index contributed by atoms with van der Waals surface area (Å²) in [6.07, 6.45) is 1.32. The third-order valence-electron chi connectivity index (χ3n) is 3.72. The van der Waals surface area contributed by atoms with Crippen molar-refractivity contribution < 1.29 is 14.6 Å². The summed E-state index contributed by atoms with van der Waals surface area (Å²) in [5, 5.41) is 17.3. The van der Waals surface area contributed by atoms with E-state index in [1.165, 1.54) is 30.1 Å². The molecule has 1 aromatic heterocycles. The van der Waals surface area contributed by atoms with Crippen molar-refractivity contribution in [1.82, 2.24) is 9.78 Å². The van der Waals surface area contributed by atoms with Crippen LogP contribution in [-0.2, 0) is 0 Å². The van der Waals surface area contributed by atoms with Crippen LogP contribution in [0, 0.1) is 0 Å². The molecule has 0 radical (unpaired) electrons. The molecule has 8 heteroatoms. The highest BCUT2D eigenvalue weighted by molar-refractivity contribution is 7.80. The van der Waals surface area contributed by atoms with Gasteiger partial charge in [-0.2, -0.15) is 9.78 Å². The second-order valence-electron chi connectivity index (χ2n) is 5.36. The summed E-state index contributed by atoms with van der Waals surface area (Å²) >= 11 is 5.30. The zero-order chi connectivity index (χ0) is 18.7. The van der Waals surface area contributed by atoms with Gasteiger partial charge in [0.25, 0.3) is 0 Å². The minimum atomic E-state index is -0.479. The van der Waals surface area contributed by atoms with Gasteiger partial charge < -0.3 is 20.9 Å². The highest BCUT2D eigenvalue weighted by atomic mass is 32.1. The molecule has 4 N–H and O–H groups in total. The van der Waals surface area contributed by atoms with E-state index in [9.17, 15) is 9.90 Å². The molecule has 0 amide bonds. The molecule has 0 spiro atoms. The lowest BCUT2D eigenvalue weighted by Gasteiger charge is -2.10. The Labute approximate surface area is 155 Å². The van der Waals surface area contributed by atoms with Gasteiger partial charge in [-0.05, 0) is 42.5 Å². The van der Waals surface area contributed by atoms with Gasteiger partial charge in [0.15, 0.2) is 5.11 Å². The van der Waals surface area contributed by atoms with Crippen molar-refractivity contribution in [2.45, 2.75) is 0 Å². The van der Waals surface area contributed by atoms with Crippen molar-refractivity contribution in [1.29, 1.82) is 0 Å². The Kier molecular flexibility index (Phi) is 4.85. The van der Waals surface area contributed by atoms with Gasteiger partial charge in [0.1, 0.15) is 17.3 Å². The minimum Gasteiger partial charge on any atom is -0.507 e. The van der Waals surface area contributed by atoms with E-state index in [-0.39, 0.29) is 27.8 Å². The van der Waals surface area contributed by atoms with E-state index in [4.69, 9.17) is 22.7 Å². The summed E-state index contributed by atoms with van der Waals surface area (Å²) in [5.41, 5.74) is 7.02. The highest BCUT2D eigenvalue weighted by Gasteiger charge is 2.21. The Morgan fingerprint density at radius 2 is 1.96 bits per heavy atom. The van der Waals surface area contributed by atoms with Crippen LogP contribution >= 0.6 is 12.2 Å². The molecule has 0 atom stereocenters. The van der Waals surface area contributed by atoms with Crippen LogP contribution in [-0.4, -0.2) is 32.9 Å². The molecule has 0 aliphatic carbocycles. The standard InChI is InChI=1S/C18H16N4O3S/c1-25-12-7-8-15(23)13(9-12)16(24)14-10-20-22(17(14)19)18(26)21-11-5-3-2-4-6-11/h2-10,23H,19H2,1H3,(H,21,26). The molecule has 1 heterocycles. The molecule has 0 bridgehead atoms. The van der Waals surface area contributed by atoms with Crippen LogP contribution < -0.4 is 15.8 Å². The highest BCUT2D eigenvalue weighted by Crippen LogP contribution is 2.27. The number of phenolic OH excluding ortho intramolecular Hbond substituents is 1. The number of nitrogens with one attached hydrogen (secondary N) is 1. The molecular formula is C18H16N4O3S. The second kappa shape index (κ2) is 7.24. The quantitative estimate of drug-likeness (QED) is 0.480. The van der Waals surface area contributed by atoms with E-state index in [1.807, 2.05) is 30.3 Å². The van der Waals surface area contributed by atoms with Crippen LogP contribution in [0.1, 0.15) is 15.9 Å². The third-order valence-corrected chi connectivity index (χ3v) is 3.99. The van der Waals surface area contributed by atoms with Crippen molar-refractivity contribution >= 4 is 34.6 Å². The molecule has 132 valence electrons. The normalized spacial score (nSPS) is 10.3. The van der Waals surface area contributed by atoms with Crippen molar-refractivity contribution in [3.05, 3.63) is 65.9 Å². The molecule has 3 aromatic rings. The summed E-state index contributed by atoms with van der Waals surface area (Å²) < 4.78 is 6.35. The first kappa shape index (κ1) is 17.4. The number of phenols is 1. The molecule has 0 saturated carbocycles. The Bertz CT molecular complexity index is 970. The SMILES string of the molecule is COc1ccc(O)c(C(=O)c2cnn(C(=S)Nc3ccccc3)c2N)c1. The molecule has 0 aliphatic heterocycles. The van der Waals surface area contributed by atoms with Crippen LogP contribution in [0.4, 0.5) is 11.5 Å². The molecule has 0 unspecified atom stereocenters. The monoisotopic (exact) mass is 368 g/mol. The maximum Gasteiger partial charge on any atom is 0.202 e. The predicted molar refractivity (Wildman–Crippen MR) is 103 cm³/mol. The first-order chi connectivity index (χ1) is 12.5. The van der Waals surface area contributed by atoms with Gasteiger partial charge >= 0.3 is 0 Å². The zero-order valence-corrected chi connectivity index (χ0v) is 14.7. The lowest BCUT2D eigenvalue weighted by molar-refractivity contribution is 0.103.